The van der Waals surface area contributed by atoms with E-state index in [0.717, 1.165) is 24.4 Å². The molecule has 6 heteroatoms. The summed E-state index contributed by atoms with van der Waals surface area (Å²) in [4.78, 5) is 27.4. The highest BCUT2D eigenvalue weighted by Gasteiger charge is 2.66. The SMILES string of the molecule is COC(=O)C1=C2Nc3ccccc3C23CCN2CC(O)(C(C)=O)C1CC23. The van der Waals surface area contributed by atoms with Crippen LogP contribution in [0.4, 0.5) is 5.69 Å². The number of hydrogen-bond donors (Lipinski definition) is 2. The van der Waals surface area contributed by atoms with Gasteiger partial charge in [-0.05, 0) is 37.9 Å². The average Bonchev–Trinajstić information content (AvgIpc) is 3.18. The topological polar surface area (TPSA) is 78.9 Å². The number of ether oxygens (including phenoxy) is 1. The second kappa shape index (κ2) is 4.96. The van der Waals surface area contributed by atoms with Gasteiger partial charge in [0.15, 0.2) is 5.78 Å². The Morgan fingerprint density at radius 3 is 2.85 bits per heavy atom. The van der Waals surface area contributed by atoms with Crippen LogP contribution in [-0.4, -0.2) is 53.6 Å². The lowest BCUT2D eigenvalue weighted by molar-refractivity contribution is -0.154. The summed E-state index contributed by atoms with van der Waals surface area (Å²) in [5, 5.41) is 14.7. The molecule has 1 aliphatic carbocycles. The minimum atomic E-state index is -1.56. The Bertz CT molecular complexity index is 878. The third kappa shape index (κ3) is 1.65. The molecule has 1 aromatic carbocycles. The third-order valence-corrected chi connectivity index (χ3v) is 7.03. The van der Waals surface area contributed by atoms with Crippen LogP contribution in [0.2, 0.25) is 0 Å². The lowest BCUT2D eigenvalue weighted by atomic mass is 9.59. The molecular weight excluding hydrogens is 332 g/mol. The van der Waals surface area contributed by atoms with Gasteiger partial charge in [0.25, 0.3) is 0 Å². The molecule has 2 N–H and O–H groups in total. The highest BCUT2D eigenvalue weighted by atomic mass is 16.5. The molecular formula is C20H22N2O4. The molecule has 1 aromatic rings. The zero-order valence-electron chi connectivity index (χ0n) is 14.9. The third-order valence-electron chi connectivity index (χ3n) is 7.03. The molecule has 3 heterocycles. The van der Waals surface area contributed by atoms with Crippen LogP contribution in [0.3, 0.4) is 0 Å². The molecule has 5 rings (SSSR count). The lowest BCUT2D eigenvalue weighted by Gasteiger charge is -2.53. The van der Waals surface area contributed by atoms with Crippen molar-refractivity contribution in [2.75, 3.05) is 25.5 Å². The van der Waals surface area contributed by atoms with Crippen molar-refractivity contribution in [1.29, 1.82) is 0 Å². The molecule has 2 saturated heterocycles. The number of hydrogen-bond acceptors (Lipinski definition) is 6. The Balaban J connectivity index is 1.82. The number of carbonyl (C=O) groups is 2. The van der Waals surface area contributed by atoms with Gasteiger partial charge in [-0.1, -0.05) is 18.2 Å². The van der Waals surface area contributed by atoms with Crippen molar-refractivity contribution in [3.63, 3.8) is 0 Å². The summed E-state index contributed by atoms with van der Waals surface area (Å²) in [5.74, 6) is -1.29. The van der Waals surface area contributed by atoms with Crippen LogP contribution in [0.5, 0.6) is 0 Å². The van der Waals surface area contributed by atoms with Crippen molar-refractivity contribution in [3.05, 3.63) is 41.1 Å². The molecule has 26 heavy (non-hydrogen) atoms. The minimum absolute atomic E-state index is 0.173. The first-order valence-electron chi connectivity index (χ1n) is 9.10. The van der Waals surface area contributed by atoms with E-state index in [2.05, 4.69) is 16.3 Å². The number of Topliss-reactive ketones (excluding diaryl/α,β-unsaturated/α-hetero) is 1. The van der Waals surface area contributed by atoms with E-state index in [-0.39, 0.29) is 23.8 Å². The molecule has 4 aliphatic rings. The lowest BCUT2D eigenvalue weighted by Crippen LogP contribution is -2.65. The molecule has 0 aromatic heterocycles. The van der Waals surface area contributed by atoms with Crippen molar-refractivity contribution >= 4 is 17.4 Å². The molecule has 0 radical (unpaired) electrons. The van der Waals surface area contributed by atoms with Gasteiger partial charge in [-0.2, -0.15) is 0 Å². The first-order chi connectivity index (χ1) is 12.4. The Morgan fingerprint density at radius 2 is 2.12 bits per heavy atom. The number of carbonyl (C=O) groups excluding carboxylic acids is 2. The van der Waals surface area contributed by atoms with E-state index in [1.807, 2.05) is 18.2 Å². The number of ketones is 1. The summed E-state index contributed by atoms with van der Waals surface area (Å²) >= 11 is 0. The Hall–Kier alpha value is -2.18. The second-order valence-electron chi connectivity index (χ2n) is 7.93. The minimum Gasteiger partial charge on any atom is -0.466 e. The average molecular weight is 354 g/mol. The molecule has 1 spiro atoms. The molecule has 136 valence electrons. The van der Waals surface area contributed by atoms with E-state index >= 15 is 0 Å². The number of aliphatic hydroxyl groups is 1. The van der Waals surface area contributed by atoms with Crippen LogP contribution < -0.4 is 5.32 Å². The monoisotopic (exact) mass is 354 g/mol. The summed E-state index contributed by atoms with van der Waals surface area (Å²) in [5.41, 5.74) is 1.64. The van der Waals surface area contributed by atoms with Gasteiger partial charge in [0.1, 0.15) is 5.60 Å². The Labute approximate surface area is 151 Å². The van der Waals surface area contributed by atoms with Crippen molar-refractivity contribution in [2.24, 2.45) is 5.92 Å². The molecule has 2 bridgehead atoms. The first-order valence-corrected chi connectivity index (χ1v) is 9.10. The summed E-state index contributed by atoms with van der Waals surface area (Å²) < 4.78 is 5.09. The summed E-state index contributed by atoms with van der Waals surface area (Å²) in [6.45, 7) is 2.48. The van der Waals surface area contributed by atoms with Gasteiger partial charge in [-0.15, -0.1) is 0 Å². The van der Waals surface area contributed by atoms with Crippen LogP contribution in [0.25, 0.3) is 0 Å². The number of benzene rings is 1. The number of piperidine rings is 1. The maximum Gasteiger partial charge on any atom is 0.335 e. The molecule has 3 aliphatic heterocycles. The zero-order valence-corrected chi connectivity index (χ0v) is 14.9. The van der Waals surface area contributed by atoms with Crippen molar-refractivity contribution in [3.8, 4) is 0 Å². The fourth-order valence-electron chi connectivity index (χ4n) is 5.85. The summed E-state index contributed by atoms with van der Waals surface area (Å²) in [6.07, 6.45) is 1.44. The van der Waals surface area contributed by atoms with Crippen LogP contribution in [0, 0.1) is 5.92 Å². The molecule has 4 atom stereocenters. The quantitative estimate of drug-likeness (QED) is 0.777. The number of nitrogens with one attached hydrogen (secondary N) is 1. The van der Waals surface area contributed by atoms with Crippen LogP contribution in [0.1, 0.15) is 25.3 Å². The summed E-state index contributed by atoms with van der Waals surface area (Å²) in [7, 11) is 1.35. The van der Waals surface area contributed by atoms with E-state index < -0.39 is 17.5 Å². The maximum absolute atomic E-state index is 12.8. The van der Waals surface area contributed by atoms with Crippen LogP contribution in [-0.2, 0) is 19.7 Å². The highest BCUT2D eigenvalue weighted by molar-refractivity contribution is 5.97. The number of methoxy groups -OCH3 is 1. The van der Waals surface area contributed by atoms with Gasteiger partial charge in [-0.25, -0.2) is 4.79 Å². The molecule has 0 saturated carbocycles. The van der Waals surface area contributed by atoms with Gasteiger partial charge in [0.05, 0.1) is 18.1 Å². The number of esters is 1. The standard InChI is InChI=1S/C20H22N2O4/c1-11(23)20(25)10-22-8-7-19-12-5-3-4-6-14(12)21-17(19)16(18(24)26-2)13(20)9-15(19)22/h3-6,13,15,21,25H,7-10H2,1-2H3. The van der Waals surface area contributed by atoms with Gasteiger partial charge < -0.3 is 15.2 Å². The predicted octanol–water partition coefficient (Wildman–Crippen LogP) is 1.20. The molecule has 4 unspecified atom stereocenters. The van der Waals surface area contributed by atoms with Gasteiger partial charge in [0, 0.05) is 29.9 Å². The second-order valence-corrected chi connectivity index (χ2v) is 7.93. The number of fused-ring (bicyclic) bond motifs is 2. The van der Waals surface area contributed by atoms with Crippen LogP contribution >= 0.6 is 0 Å². The van der Waals surface area contributed by atoms with E-state index in [4.69, 9.17) is 4.74 Å². The number of nitrogens with zero attached hydrogens (tertiary/aromatic N) is 1. The van der Waals surface area contributed by atoms with E-state index in [9.17, 15) is 14.7 Å². The molecule has 6 nitrogen and oxygen atoms in total. The molecule has 2 fully saturated rings. The number of anilines is 1. The fourth-order valence-corrected chi connectivity index (χ4v) is 5.85. The summed E-state index contributed by atoms with van der Waals surface area (Å²) in [6, 6.07) is 8.32. The molecule has 0 amide bonds. The fraction of sp³-hybridized carbons (Fsp3) is 0.500. The predicted molar refractivity (Wildman–Crippen MR) is 94.5 cm³/mol. The van der Waals surface area contributed by atoms with E-state index in [1.54, 1.807) is 0 Å². The number of rotatable bonds is 2. The van der Waals surface area contributed by atoms with E-state index in [0.29, 0.717) is 12.0 Å². The number of para-hydroxylation sites is 1. The van der Waals surface area contributed by atoms with Gasteiger partial charge in [0.2, 0.25) is 0 Å². The van der Waals surface area contributed by atoms with Crippen molar-refractivity contribution < 1.29 is 19.4 Å². The van der Waals surface area contributed by atoms with Crippen molar-refractivity contribution in [1.82, 2.24) is 4.90 Å². The maximum atomic E-state index is 12.8. The van der Waals surface area contributed by atoms with Gasteiger partial charge in [-0.3, -0.25) is 9.69 Å². The van der Waals surface area contributed by atoms with Crippen LogP contribution in [0.15, 0.2) is 35.5 Å². The highest BCUT2D eigenvalue weighted by Crippen LogP contribution is 2.61. The van der Waals surface area contributed by atoms with Crippen molar-refractivity contribution in [2.45, 2.75) is 36.8 Å². The Morgan fingerprint density at radius 1 is 1.35 bits per heavy atom. The Kier molecular flexibility index (Phi) is 3.06. The van der Waals surface area contributed by atoms with Gasteiger partial charge >= 0.3 is 5.97 Å². The smallest absolute Gasteiger partial charge is 0.335 e. The first kappa shape index (κ1) is 16.0. The zero-order chi connectivity index (χ0) is 18.3. The largest absolute Gasteiger partial charge is 0.466 e. The normalized spacial score (nSPS) is 37.0. The van der Waals surface area contributed by atoms with E-state index in [1.165, 1.54) is 19.6 Å².